The highest BCUT2D eigenvalue weighted by Gasteiger charge is 2.31. The minimum absolute atomic E-state index is 0.107. The third kappa shape index (κ3) is 75.9. The number of carbonyl (C=O) groups excluding carboxylic acids is 4. The fourth-order valence-electron chi connectivity index (χ4n) is 13.3. The van der Waals surface area contributed by atoms with Crippen molar-refractivity contribution in [3.63, 3.8) is 0 Å². The number of phosphoric ester groups is 2. The molecule has 17 nitrogen and oxygen atoms in total. The summed E-state index contributed by atoms with van der Waals surface area (Å²) in [5.41, 5.74) is 0. The largest absolute Gasteiger partial charge is 0.472 e. The maximum atomic E-state index is 13.2. The van der Waals surface area contributed by atoms with E-state index in [1.54, 1.807) is 0 Å². The highest BCUT2D eigenvalue weighted by molar-refractivity contribution is 7.47. The minimum Gasteiger partial charge on any atom is -0.462 e. The van der Waals surface area contributed by atoms with Gasteiger partial charge in [0.05, 0.1) is 26.4 Å². The van der Waals surface area contributed by atoms with Crippen LogP contribution < -0.4 is 0 Å². The molecule has 0 aliphatic rings. The van der Waals surface area contributed by atoms with Crippen molar-refractivity contribution in [1.29, 1.82) is 0 Å². The lowest BCUT2D eigenvalue weighted by atomic mass is 9.99. The van der Waals surface area contributed by atoms with Crippen LogP contribution in [0.2, 0.25) is 0 Å². The molecular weight excluding hydrogens is 1370 g/mol. The molecule has 0 heterocycles. The van der Waals surface area contributed by atoms with Crippen LogP contribution >= 0.6 is 15.6 Å². The zero-order valence-electron chi connectivity index (χ0n) is 69.2. The van der Waals surface area contributed by atoms with Crippen molar-refractivity contribution in [2.24, 2.45) is 17.8 Å². The average molecular weight is 1540 g/mol. The Bertz CT molecular complexity index is 2030. The summed E-state index contributed by atoms with van der Waals surface area (Å²) in [6.07, 6.45) is 66.4. The Labute approximate surface area is 645 Å². The second-order valence-corrected chi connectivity index (χ2v) is 34.6. The first-order chi connectivity index (χ1) is 50.8. The second kappa shape index (κ2) is 76.1. The van der Waals surface area contributed by atoms with Crippen LogP contribution in [0.5, 0.6) is 0 Å². The van der Waals surface area contributed by atoms with Crippen LogP contribution in [-0.4, -0.2) is 96.7 Å². The Balaban J connectivity index is 5.24. The zero-order chi connectivity index (χ0) is 77.2. The lowest BCUT2D eigenvalue weighted by Crippen LogP contribution is -2.30. The topological polar surface area (TPSA) is 237 Å². The SMILES string of the molecule is CCCCCCCCCCCCCCCC(=O)O[C@H](COC(=O)CCCCCCCCCCC(C)CC)COP(=O)(O)OC[C@H](O)COP(=O)(O)OC[C@@H](COC(=O)CCCCCCCCCCCCCCCCC(C)CC)OC(=O)CCCCCCCCCCCCCCCCCCCCC(C)CC. The molecule has 0 saturated carbocycles. The van der Waals surface area contributed by atoms with Gasteiger partial charge in [0.1, 0.15) is 19.3 Å². The Hall–Kier alpha value is -1.94. The first-order valence-corrected chi connectivity index (χ1v) is 47.5. The fraction of sp³-hybridized carbons (Fsp3) is 0.953. The van der Waals surface area contributed by atoms with E-state index >= 15 is 0 Å². The molecule has 0 bridgehead atoms. The fourth-order valence-corrected chi connectivity index (χ4v) is 14.9. The van der Waals surface area contributed by atoms with Crippen LogP contribution in [0.4, 0.5) is 0 Å². The number of rotatable bonds is 84. The van der Waals surface area contributed by atoms with E-state index in [0.717, 1.165) is 108 Å². The molecular formula is C86H168O17P2. The van der Waals surface area contributed by atoms with Gasteiger partial charge in [0.15, 0.2) is 12.2 Å². The molecule has 0 saturated heterocycles. The number of carbonyl (C=O) groups is 4. The Morgan fingerprint density at radius 1 is 0.267 bits per heavy atom. The third-order valence-corrected chi connectivity index (χ3v) is 23.1. The summed E-state index contributed by atoms with van der Waals surface area (Å²) < 4.78 is 68.9. The smallest absolute Gasteiger partial charge is 0.462 e. The zero-order valence-corrected chi connectivity index (χ0v) is 71.0. The summed E-state index contributed by atoms with van der Waals surface area (Å²) in [5.74, 6) is 0.395. The van der Waals surface area contributed by atoms with Crippen LogP contribution in [0.15, 0.2) is 0 Å². The number of hydrogen-bond donors (Lipinski definition) is 3. The minimum atomic E-state index is -4.97. The van der Waals surface area contributed by atoms with Crippen molar-refractivity contribution in [2.45, 2.75) is 471 Å². The van der Waals surface area contributed by atoms with E-state index in [-0.39, 0.29) is 25.7 Å². The predicted octanol–water partition coefficient (Wildman–Crippen LogP) is 26.1. The van der Waals surface area contributed by atoms with Crippen molar-refractivity contribution in [1.82, 2.24) is 0 Å². The van der Waals surface area contributed by atoms with Crippen LogP contribution in [0.3, 0.4) is 0 Å². The number of phosphoric acid groups is 2. The molecule has 0 fully saturated rings. The molecule has 0 spiro atoms. The first kappa shape index (κ1) is 103. The van der Waals surface area contributed by atoms with E-state index in [2.05, 4.69) is 48.5 Å². The van der Waals surface area contributed by atoms with Gasteiger partial charge in [-0.05, 0) is 43.4 Å². The normalized spacial score (nSPS) is 14.6. The van der Waals surface area contributed by atoms with E-state index < -0.39 is 97.5 Å². The summed E-state index contributed by atoms with van der Waals surface area (Å²) in [5, 5.41) is 10.7. The number of unbranched alkanes of at least 4 members (excludes halogenated alkanes) is 49. The van der Waals surface area contributed by atoms with E-state index in [1.165, 1.54) is 263 Å². The second-order valence-electron chi connectivity index (χ2n) is 31.7. The lowest BCUT2D eigenvalue weighted by Gasteiger charge is -2.21. The number of aliphatic hydroxyl groups excluding tert-OH is 1. The Morgan fingerprint density at radius 2 is 0.457 bits per heavy atom. The van der Waals surface area contributed by atoms with E-state index in [9.17, 15) is 43.2 Å². The van der Waals surface area contributed by atoms with Crippen LogP contribution in [0.25, 0.3) is 0 Å². The van der Waals surface area contributed by atoms with Gasteiger partial charge in [0.25, 0.3) is 0 Å². The molecule has 0 aromatic heterocycles. The van der Waals surface area contributed by atoms with Gasteiger partial charge >= 0.3 is 39.5 Å². The van der Waals surface area contributed by atoms with Crippen LogP contribution in [-0.2, 0) is 65.4 Å². The molecule has 19 heteroatoms. The van der Waals surface area contributed by atoms with E-state index in [4.69, 9.17) is 37.0 Å². The molecule has 3 N–H and O–H groups in total. The van der Waals surface area contributed by atoms with Crippen molar-refractivity contribution < 1.29 is 80.2 Å². The molecule has 105 heavy (non-hydrogen) atoms. The Morgan fingerprint density at radius 3 is 0.676 bits per heavy atom. The van der Waals surface area contributed by atoms with Gasteiger partial charge < -0.3 is 33.8 Å². The number of aliphatic hydroxyl groups is 1. The van der Waals surface area contributed by atoms with Crippen molar-refractivity contribution in [2.75, 3.05) is 39.6 Å². The molecule has 0 aromatic carbocycles. The van der Waals surface area contributed by atoms with Gasteiger partial charge in [-0.3, -0.25) is 37.3 Å². The van der Waals surface area contributed by atoms with Gasteiger partial charge in [-0.15, -0.1) is 0 Å². The van der Waals surface area contributed by atoms with Gasteiger partial charge in [0, 0.05) is 25.7 Å². The number of hydrogen-bond acceptors (Lipinski definition) is 15. The Kier molecular flexibility index (Phi) is 74.7. The molecule has 0 aliphatic carbocycles. The van der Waals surface area contributed by atoms with Crippen molar-refractivity contribution >= 4 is 39.5 Å². The molecule has 624 valence electrons. The highest BCUT2D eigenvalue weighted by atomic mass is 31.2. The van der Waals surface area contributed by atoms with Gasteiger partial charge in [-0.1, -0.05) is 402 Å². The van der Waals surface area contributed by atoms with Gasteiger partial charge in [-0.2, -0.15) is 0 Å². The number of esters is 4. The maximum Gasteiger partial charge on any atom is 0.472 e. The van der Waals surface area contributed by atoms with Gasteiger partial charge in [-0.25, -0.2) is 9.13 Å². The average Bonchev–Trinajstić information content (AvgIpc) is 0.921. The van der Waals surface area contributed by atoms with Crippen molar-refractivity contribution in [3.05, 3.63) is 0 Å². The lowest BCUT2D eigenvalue weighted by molar-refractivity contribution is -0.161. The number of ether oxygens (including phenoxy) is 4. The standard InChI is InChI=1S/C86H168O17P2/c1-8-12-13-14-15-16-17-26-34-39-48-55-62-69-85(90)103-82(74-97-84(89)68-61-54-47-42-41-45-52-59-66-79(7)11-4)76-101-105(94,95)99-72-80(87)71-98-104(92,93)100-75-81(73-96-83(88)67-60-53-46-38-33-29-25-24-28-32-37-44-51-58-65-78(6)10-3)102-86(91)70-63-56-49-40-35-30-23-21-19-18-20-22-27-31-36-43-50-57-64-77(5)9-2/h77-82,87H,8-76H2,1-7H3,(H,92,93)(H,94,95)/t77?,78?,79?,80-,81-,82-/m1/s1. The van der Waals surface area contributed by atoms with E-state index in [0.29, 0.717) is 25.7 Å². The van der Waals surface area contributed by atoms with E-state index in [1.807, 2.05) is 0 Å². The molecule has 0 aliphatic heterocycles. The maximum absolute atomic E-state index is 13.2. The molecule has 0 amide bonds. The molecule has 0 aromatic rings. The molecule has 0 radical (unpaired) electrons. The summed E-state index contributed by atoms with van der Waals surface area (Å²) >= 11 is 0. The summed E-state index contributed by atoms with van der Waals surface area (Å²) in [6, 6.07) is 0. The molecule has 8 atom stereocenters. The highest BCUT2D eigenvalue weighted by Crippen LogP contribution is 2.45. The molecule has 0 rings (SSSR count). The summed E-state index contributed by atoms with van der Waals surface area (Å²) in [7, 11) is -9.93. The van der Waals surface area contributed by atoms with Crippen molar-refractivity contribution in [3.8, 4) is 0 Å². The quantitative estimate of drug-likeness (QED) is 0.0222. The van der Waals surface area contributed by atoms with Crippen LogP contribution in [0.1, 0.15) is 453 Å². The summed E-state index contributed by atoms with van der Waals surface area (Å²) in [4.78, 5) is 73.2. The molecule has 5 unspecified atom stereocenters. The third-order valence-electron chi connectivity index (χ3n) is 21.2. The summed E-state index contributed by atoms with van der Waals surface area (Å²) in [6.45, 7) is 12.1. The predicted molar refractivity (Wildman–Crippen MR) is 432 cm³/mol. The van der Waals surface area contributed by atoms with Gasteiger partial charge in [0.2, 0.25) is 0 Å². The van der Waals surface area contributed by atoms with Crippen LogP contribution in [0, 0.1) is 17.8 Å². The monoisotopic (exact) mass is 1540 g/mol. The first-order valence-electron chi connectivity index (χ1n) is 44.5.